The van der Waals surface area contributed by atoms with E-state index in [2.05, 4.69) is 41.4 Å². The SMILES string of the molecule is CCOc1ccccc1N=Nc1c(-c2ccc(C)cc2)nc2ccccn12. The number of fused-ring (bicyclic) bond motifs is 1. The lowest BCUT2D eigenvalue weighted by Gasteiger charge is -2.05. The van der Waals surface area contributed by atoms with Gasteiger partial charge in [0, 0.05) is 11.8 Å². The fourth-order valence-electron chi connectivity index (χ4n) is 2.90. The van der Waals surface area contributed by atoms with Gasteiger partial charge in [0.2, 0.25) is 0 Å². The summed E-state index contributed by atoms with van der Waals surface area (Å²) in [5, 5.41) is 9.01. The molecule has 27 heavy (non-hydrogen) atoms. The molecule has 0 aliphatic carbocycles. The van der Waals surface area contributed by atoms with Crippen LogP contribution in [0.5, 0.6) is 5.75 Å². The molecule has 5 heteroatoms. The van der Waals surface area contributed by atoms with Gasteiger partial charge in [0.1, 0.15) is 22.8 Å². The summed E-state index contributed by atoms with van der Waals surface area (Å²) in [5.74, 6) is 1.41. The lowest BCUT2D eigenvalue weighted by Crippen LogP contribution is -1.90. The van der Waals surface area contributed by atoms with Gasteiger partial charge in [0.15, 0.2) is 5.82 Å². The Morgan fingerprint density at radius 2 is 1.70 bits per heavy atom. The van der Waals surface area contributed by atoms with Gasteiger partial charge in [0.25, 0.3) is 0 Å². The normalized spacial score (nSPS) is 11.3. The van der Waals surface area contributed by atoms with Crippen molar-refractivity contribution in [2.75, 3.05) is 6.61 Å². The molecule has 4 aromatic rings. The first-order valence-corrected chi connectivity index (χ1v) is 8.94. The number of aromatic nitrogens is 2. The highest BCUT2D eigenvalue weighted by atomic mass is 16.5. The molecule has 0 spiro atoms. The Kier molecular flexibility index (Phi) is 4.66. The maximum absolute atomic E-state index is 5.65. The molecule has 0 aliphatic rings. The summed E-state index contributed by atoms with van der Waals surface area (Å²) in [6, 6.07) is 21.8. The van der Waals surface area contributed by atoms with Crippen LogP contribution in [0.3, 0.4) is 0 Å². The molecule has 5 nitrogen and oxygen atoms in total. The minimum atomic E-state index is 0.580. The van der Waals surface area contributed by atoms with Crippen LogP contribution >= 0.6 is 0 Å². The third-order valence-electron chi connectivity index (χ3n) is 4.25. The van der Waals surface area contributed by atoms with Crippen LogP contribution in [0.15, 0.2) is 83.2 Å². The summed E-state index contributed by atoms with van der Waals surface area (Å²) in [6.45, 7) is 4.60. The maximum atomic E-state index is 5.65. The summed E-state index contributed by atoms with van der Waals surface area (Å²) < 4.78 is 7.59. The molecule has 0 aliphatic heterocycles. The lowest BCUT2D eigenvalue weighted by atomic mass is 10.1. The summed E-state index contributed by atoms with van der Waals surface area (Å²) in [5.41, 5.74) is 4.55. The molecule has 2 heterocycles. The van der Waals surface area contributed by atoms with E-state index in [4.69, 9.17) is 9.72 Å². The van der Waals surface area contributed by atoms with E-state index in [0.29, 0.717) is 18.1 Å². The van der Waals surface area contributed by atoms with Gasteiger partial charge in [-0.2, -0.15) is 0 Å². The number of benzene rings is 2. The number of imidazole rings is 1. The van der Waals surface area contributed by atoms with Crippen molar-refractivity contribution in [3.05, 3.63) is 78.5 Å². The third kappa shape index (κ3) is 3.44. The largest absolute Gasteiger partial charge is 0.492 e. The molecule has 0 N–H and O–H groups in total. The van der Waals surface area contributed by atoms with E-state index >= 15 is 0 Å². The molecule has 4 rings (SSSR count). The Morgan fingerprint density at radius 1 is 0.926 bits per heavy atom. The van der Waals surface area contributed by atoms with E-state index in [9.17, 15) is 0 Å². The first-order chi connectivity index (χ1) is 13.3. The van der Waals surface area contributed by atoms with Crippen LogP contribution in [-0.2, 0) is 0 Å². The Bertz CT molecular complexity index is 1100. The van der Waals surface area contributed by atoms with Gasteiger partial charge in [-0.15, -0.1) is 10.2 Å². The zero-order valence-electron chi connectivity index (χ0n) is 15.3. The molecular weight excluding hydrogens is 336 g/mol. The Hall–Kier alpha value is -3.47. The zero-order chi connectivity index (χ0) is 18.6. The van der Waals surface area contributed by atoms with Crippen molar-refractivity contribution in [3.8, 4) is 17.0 Å². The van der Waals surface area contributed by atoms with Crippen molar-refractivity contribution in [1.29, 1.82) is 0 Å². The average molecular weight is 356 g/mol. The van der Waals surface area contributed by atoms with Gasteiger partial charge >= 0.3 is 0 Å². The molecular formula is C22H20N4O. The van der Waals surface area contributed by atoms with Crippen molar-refractivity contribution in [2.24, 2.45) is 10.2 Å². The van der Waals surface area contributed by atoms with E-state index in [1.807, 2.05) is 60.0 Å². The van der Waals surface area contributed by atoms with E-state index in [1.165, 1.54) is 5.56 Å². The van der Waals surface area contributed by atoms with Crippen molar-refractivity contribution < 1.29 is 4.74 Å². The second-order valence-electron chi connectivity index (χ2n) is 6.18. The second-order valence-corrected chi connectivity index (χ2v) is 6.18. The van der Waals surface area contributed by atoms with Crippen LogP contribution in [-0.4, -0.2) is 16.0 Å². The monoisotopic (exact) mass is 356 g/mol. The van der Waals surface area contributed by atoms with Crippen molar-refractivity contribution in [2.45, 2.75) is 13.8 Å². The van der Waals surface area contributed by atoms with Crippen molar-refractivity contribution in [1.82, 2.24) is 9.38 Å². The summed E-state index contributed by atoms with van der Waals surface area (Å²) in [4.78, 5) is 4.76. The summed E-state index contributed by atoms with van der Waals surface area (Å²) in [6.07, 6.45) is 1.95. The van der Waals surface area contributed by atoms with Crippen molar-refractivity contribution in [3.63, 3.8) is 0 Å². The van der Waals surface area contributed by atoms with Gasteiger partial charge in [-0.3, -0.25) is 4.40 Å². The van der Waals surface area contributed by atoms with Gasteiger partial charge < -0.3 is 4.74 Å². The minimum Gasteiger partial charge on any atom is -0.492 e. The first kappa shape index (κ1) is 17.0. The highest BCUT2D eigenvalue weighted by molar-refractivity contribution is 5.74. The predicted molar refractivity (Wildman–Crippen MR) is 107 cm³/mol. The number of hydrogen-bond acceptors (Lipinski definition) is 4. The highest BCUT2D eigenvalue weighted by Gasteiger charge is 2.14. The Morgan fingerprint density at radius 3 is 2.52 bits per heavy atom. The number of ether oxygens (including phenoxy) is 1. The lowest BCUT2D eigenvalue weighted by molar-refractivity contribution is 0.341. The number of azo groups is 1. The van der Waals surface area contributed by atoms with Crippen LogP contribution in [0.25, 0.3) is 16.9 Å². The van der Waals surface area contributed by atoms with E-state index < -0.39 is 0 Å². The highest BCUT2D eigenvalue weighted by Crippen LogP contribution is 2.34. The van der Waals surface area contributed by atoms with Gasteiger partial charge in [-0.1, -0.05) is 48.0 Å². The molecule has 2 aromatic carbocycles. The predicted octanol–water partition coefficient (Wildman–Crippen LogP) is 6.12. The molecule has 2 aromatic heterocycles. The van der Waals surface area contributed by atoms with Crippen LogP contribution < -0.4 is 4.74 Å². The molecule has 0 fully saturated rings. The van der Waals surface area contributed by atoms with Crippen LogP contribution in [0.1, 0.15) is 12.5 Å². The van der Waals surface area contributed by atoms with Gasteiger partial charge in [-0.05, 0) is 38.1 Å². The van der Waals surface area contributed by atoms with E-state index in [0.717, 1.165) is 22.7 Å². The Balaban J connectivity index is 1.83. The molecule has 0 saturated carbocycles. The average Bonchev–Trinajstić information content (AvgIpc) is 3.07. The van der Waals surface area contributed by atoms with Gasteiger partial charge in [0.05, 0.1) is 6.61 Å². The number of rotatable bonds is 5. The number of hydrogen-bond donors (Lipinski definition) is 0. The van der Waals surface area contributed by atoms with Crippen LogP contribution in [0.4, 0.5) is 11.5 Å². The summed E-state index contributed by atoms with van der Waals surface area (Å²) in [7, 11) is 0. The van der Waals surface area contributed by atoms with E-state index in [-0.39, 0.29) is 0 Å². The molecule has 0 radical (unpaired) electrons. The van der Waals surface area contributed by atoms with Crippen LogP contribution in [0, 0.1) is 6.92 Å². The quantitative estimate of drug-likeness (QED) is 0.404. The zero-order valence-corrected chi connectivity index (χ0v) is 15.3. The van der Waals surface area contributed by atoms with Crippen molar-refractivity contribution >= 4 is 17.2 Å². The number of pyridine rings is 1. The molecule has 0 saturated heterocycles. The smallest absolute Gasteiger partial charge is 0.187 e. The standard InChI is InChI=1S/C22H20N4O/c1-3-27-19-9-5-4-8-18(19)24-25-22-21(17-13-11-16(2)12-14-17)23-20-10-6-7-15-26(20)22/h4-15H,3H2,1-2H3. The fraction of sp³-hybridized carbons (Fsp3) is 0.136. The topological polar surface area (TPSA) is 51.2 Å². The molecule has 0 bridgehead atoms. The molecule has 0 atom stereocenters. The molecule has 134 valence electrons. The van der Waals surface area contributed by atoms with Crippen LogP contribution in [0.2, 0.25) is 0 Å². The second kappa shape index (κ2) is 7.41. The number of para-hydroxylation sites is 1. The first-order valence-electron chi connectivity index (χ1n) is 8.94. The molecule has 0 unspecified atom stereocenters. The van der Waals surface area contributed by atoms with Gasteiger partial charge in [-0.25, -0.2) is 4.98 Å². The third-order valence-corrected chi connectivity index (χ3v) is 4.25. The Labute approximate surface area is 158 Å². The molecule has 0 amide bonds. The van der Waals surface area contributed by atoms with E-state index in [1.54, 1.807) is 0 Å². The fourth-order valence-corrected chi connectivity index (χ4v) is 2.90. The maximum Gasteiger partial charge on any atom is 0.187 e. The number of aryl methyl sites for hydroxylation is 1. The minimum absolute atomic E-state index is 0.580. The number of nitrogens with zero attached hydrogens (tertiary/aromatic N) is 4. The summed E-state index contributed by atoms with van der Waals surface area (Å²) >= 11 is 0.